The van der Waals surface area contributed by atoms with Crippen LogP contribution in [0, 0.1) is 6.92 Å². The summed E-state index contributed by atoms with van der Waals surface area (Å²) in [5.74, 6) is 0.276. The molecule has 0 saturated carbocycles. The van der Waals surface area contributed by atoms with Crippen molar-refractivity contribution in [3.8, 4) is 0 Å². The normalized spacial score (nSPS) is 17.1. The van der Waals surface area contributed by atoms with E-state index >= 15 is 0 Å². The van der Waals surface area contributed by atoms with Gasteiger partial charge in [-0.3, -0.25) is 4.79 Å². The number of nitrogen functional groups attached to an aromatic ring is 1. The van der Waals surface area contributed by atoms with Gasteiger partial charge in [-0.25, -0.2) is 15.0 Å². The first-order valence-electron chi connectivity index (χ1n) is 7.34. The van der Waals surface area contributed by atoms with Gasteiger partial charge in [0.05, 0.1) is 10.7 Å². The molecule has 3 rings (SSSR count). The fourth-order valence-corrected chi connectivity index (χ4v) is 3.98. The van der Waals surface area contributed by atoms with Gasteiger partial charge in [-0.2, -0.15) is 0 Å². The maximum atomic E-state index is 12.5. The van der Waals surface area contributed by atoms with Crippen molar-refractivity contribution in [2.45, 2.75) is 32.1 Å². The highest BCUT2D eigenvalue weighted by Gasteiger charge is 2.27. The molecule has 1 aliphatic carbocycles. The Bertz CT molecular complexity index is 699. The van der Waals surface area contributed by atoms with Crippen LogP contribution in [0.25, 0.3) is 0 Å². The molecule has 2 aromatic heterocycles. The lowest BCUT2D eigenvalue weighted by atomic mass is 9.90. The molecule has 22 heavy (non-hydrogen) atoms. The third kappa shape index (κ3) is 2.81. The molecular formula is C15H19N5OS. The second kappa shape index (κ2) is 6.00. The predicted molar refractivity (Wildman–Crippen MR) is 85.9 cm³/mol. The van der Waals surface area contributed by atoms with Gasteiger partial charge in [0.25, 0.3) is 5.91 Å². The first-order chi connectivity index (χ1) is 10.6. The highest BCUT2D eigenvalue weighted by molar-refractivity contribution is 7.11. The number of amides is 1. The molecule has 7 heteroatoms. The lowest BCUT2D eigenvalue weighted by Crippen LogP contribution is -2.33. The van der Waals surface area contributed by atoms with E-state index in [1.165, 1.54) is 23.0 Å². The van der Waals surface area contributed by atoms with Gasteiger partial charge in [0.2, 0.25) is 0 Å². The Balaban J connectivity index is 1.76. The zero-order chi connectivity index (χ0) is 15.7. The van der Waals surface area contributed by atoms with Crippen LogP contribution in [-0.2, 0) is 6.42 Å². The van der Waals surface area contributed by atoms with Crippen molar-refractivity contribution in [1.82, 2.24) is 19.9 Å². The first kappa shape index (κ1) is 14.9. The van der Waals surface area contributed by atoms with Gasteiger partial charge in [-0.15, -0.1) is 11.3 Å². The number of anilines is 1. The van der Waals surface area contributed by atoms with Crippen LogP contribution in [0.3, 0.4) is 0 Å². The number of rotatable bonds is 3. The quantitative estimate of drug-likeness (QED) is 0.936. The van der Waals surface area contributed by atoms with Gasteiger partial charge in [0.1, 0.15) is 0 Å². The number of hydrogen-bond donors (Lipinski definition) is 1. The Kier molecular flexibility index (Phi) is 4.06. The molecule has 1 unspecified atom stereocenters. The zero-order valence-electron chi connectivity index (χ0n) is 12.7. The number of hydrogen-bond acceptors (Lipinski definition) is 6. The van der Waals surface area contributed by atoms with Crippen LogP contribution in [0.1, 0.15) is 44.8 Å². The van der Waals surface area contributed by atoms with E-state index in [1.54, 1.807) is 23.3 Å². The van der Waals surface area contributed by atoms with Crippen LogP contribution in [0.4, 0.5) is 5.82 Å². The number of carbonyl (C=O) groups is 1. The van der Waals surface area contributed by atoms with Crippen molar-refractivity contribution in [3.63, 3.8) is 0 Å². The Morgan fingerprint density at radius 1 is 1.45 bits per heavy atom. The van der Waals surface area contributed by atoms with Gasteiger partial charge >= 0.3 is 0 Å². The van der Waals surface area contributed by atoms with Crippen LogP contribution in [0.5, 0.6) is 0 Å². The lowest BCUT2D eigenvalue weighted by Gasteiger charge is -2.26. The number of likely N-dealkylation sites (N-methyl/N-ethyl adjacent to an activating group) is 1. The van der Waals surface area contributed by atoms with Gasteiger partial charge in [0.15, 0.2) is 11.5 Å². The fourth-order valence-electron chi connectivity index (χ4n) is 2.91. The molecule has 0 saturated heterocycles. The largest absolute Gasteiger partial charge is 0.382 e. The summed E-state index contributed by atoms with van der Waals surface area (Å²) in [6.07, 6.45) is 6.28. The van der Waals surface area contributed by atoms with E-state index in [1.807, 2.05) is 6.92 Å². The van der Waals surface area contributed by atoms with Gasteiger partial charge in [0, 0.05) is 36.8 Å². The predicted octanol–water partition coefficient (Wildman–Crippen LogP) is 2.02. The number of aromatic nitrogens is 3. The Labute approximate surface area is 133 Å². The molecule has 1 atom stereocenters. The number of aryl methyl sites for hydroxylation is 2. The molecule has 0 spiro atoms. The summed E-state index contributed by atoms with van der Waals surface area (Å²) in [4.78, 5) is 28.2. The third-order valence-electron chi connectivity index (χ3n) is 3.95. The topological polar surface area (TPSA) is 85.0 Å². The molecule has 2 N–H and O–H groups in total. The second-order valence-corrected chi connectivity index (χ2v) is 6.89. The maximum Gasteiger partial charge on any atom is 0.276 e. The van der Waals surface area contributed by atoms with Gasteiger partial charge in [-0.1, -0.05) is 0 Å². The monoisotopic (exact) mass is 317 g/mol. The molecule has 0 fully saturated rings. The average Bonchev–Trinajstić information content (AvgIpc) is 2.88. The van der Waals surface area contributed by atoms with E-state index in [0.29, 0.717) is 12.5 Å². The number of fused-ring (bicyclic) bond motifs is 1. The second-order valence-electron chi connectivity index (χ2n) is 5.61. The Morgan fingerprint density at radius 2 is 2.23 bits per heavy atom. The van der Waals surface area contributed by atoms with E-state index in [9.17, 15) is 4.79 Å². The summed E-state index contributed by atoms with van der Waals surface area (Å²) >= 11 is 1.77. The molecule has 2 aromatic rings. The van der Waals surface area contributed by atoms with Crippen molar-refractivity contribution in [2.75, 3.05) is 19.3 Å². The number of nitrogens with zero attached hydrogens (tertiary/aromatic N) is 4. The molecule has 0 radical (unpaired) electrons. The van der Waals surface area contributed by atoms with E-state index in [0.717, 1.165) is 24.3 Å². The van der Waals surface area contributed by atoms with Gasteiger partial charge in [-0.05, 0) is 26.2 Å². The summed E-state index contributed by atoms with van der Waals surface area (Å²) in [7, 11) is 1.78. The van der Waals surface area contributed by atoms with Crippen LogP contribution in [-0.4, -0.2) is 39.4 Å². The number of nitrogens with two attached hydrogens (primary N) is 1. The zero-order valence-corrected chi connectivity index (χ0v) is 13.6. The minimum Gasteiger partial charge on any atom is -0.382 e. The van der Waals surface area contributed by atoms with E-state index < -0.39 is 0 Å². The Hall–Kier alpha value is -2.02. The molecule has 1 amide bonds. The lowest BCUT2D eigenvalue weighted by molar-refractivity contribution is 0.0778. The SMILES string of the molecule is Cc1nc2c(s1)CCCC2CN(C)C(=O)c1nccnc1N. The molecule has 0 aliphatic heterocycles. The van der Waals surface area contributed by atoms with E-state index in [2.05, 4.69) is 15.0 Å². The standard InChI is InChI=1S/C15H19N5OS/c1-9-19-12-10(4-3-5-11(12)22-9)8-20(2)15(21)13-14(16)18-7-6-17-13/h6-7,10H,3-5,8H2,1-2H3,(H2,16,18). The van der Waals surface area contributed by atoms with Crippen LogP contribution in [0.15, 0.2) is 12.4 Å². The smallest absolute Gasteiger partial charge is 0.276 e. The number of thiazole rings is 1. The molecule has 2 heterocycles. The summed E-state index contributed by atoms with van der Waals surface area (Å²) in [6, 6.07) is 0. The van der Waals surface area contributed by atoms with Crippen LogP contribution in [0.2, 0.25) is 0 Å². The molecule has 6 nitrogen and oxygen atoms in total. The highest BCUT2D eigenvalue weighted by atomic mass is 32.1. The number of carbonyl (C=O) groups excluding carboxylic acids is 1. The van der Waals surface area contributed by atoms with E-state index in [4.69, 9.17) is 5.73 Å². The summed E-state index contributed by atoms with van der Waals surface area (Å²) < 4.78 is 0. The van der Waals surface area contributed by atoms with Crippen LogP contribution < -0.4 is 5.73 Å². The molecular weight excluding hydrogens is 298 g/mol. The van der Waals surface area contributed by atoms with Crippen molar-refractivity contribution < 1.29 is 4.79 Å². The third-order valence-corrected chi connectivity index (χ3v) is 4.99. The van der Waals surface area contributed by atoms with E-state index in [-0.39, 0.29) is 17.4 Å². The molecule has 0 bridgehead atoms. The molecule has 116 valence electrons. The first-order valence-corrected chi connectivity index (χ1v) is 8.16. The molecule has 1 aliphatic rings. The van der Waals surface area contributed by atoms with Crippen molar-refractivity contribution in [3.05, 3.63) is 33.7 Å². The highest BCUT2D eigenvalue weighted by Crippen LogP contribution is 2.35. The molecule has 0 aromatic carbocycles. The fraction of sp³-hybridized carbons (Fsp3) is 0.467. The van der Waals surface area contributed by atoms with Gasteiger partial charge < -0.3 is 10.6 Å². The maximum absolute atomic E-state index is 12.5. The average molecular weight is 317 g/mol. The van der Waals surface area contributed by atoms with Crippen molar-refractivity contribution >= 4 is 23.1 Å². The Morgan fingerprint density at radius 3 is 3.00 bits per heavy atom. The summed E-state index contributed by atoms with van der Waals surface area (Å²) in [5.41, 5.74) is 7.13. The summed E-state index contributed by atoms with van der Waals surface area (Å²) in [6.45, 7) is 2.67. The minimum absolute atomic E-state index is 0.174. The minimum atomic E-state index is -0.190. The summed E-state index contributed by atoms with van der Waals surface area (Å²) in [5, 5.41) is 1.10. The van der Waals surface area contributed by atoms with Crippen LogP contribution >= 0.6 is 11.3 Å². The van der Waals surface area contributed by atoms with Crippen molar-refractivity contribution in [2.24, 2.45) is 0 Å². The van der Waals surface area contributed by atoms with Crippen molar-refractivity contribution in [1.29, 1.82) is 0 Å².